The monoisotopic (exact) mass is 273 g/mol. The number of pyridine rings is 2. The number of aromatic nitrogens is 2. The van der Waals surface area contributed by atoms with Crippen LogP contribution in [0.2, 0.25) is 0 Å². The highest BCUT2D eigenvalue weighted by molar-refractivity contribution is 5.41. The van der Waals surface area contributed by atoms with Crippen molar-refractivity contribution in [3.05, 3.63) is 52.6 Å². The topological polar surface area (TPSA) is 56.1 Å². The molecule has 5 nitrogen and oxygen atoms in total. The molecule has 2 aromatic rings. The number of nitrogens with one attached hydrogen (secondary N) is 1. The molecule has 20 heavy (non-hydrogen) atoms. The molecule has 0 saturated heterocycles. The van der Waals surface area contributed by atoms with Gasteiger partial charge in [0.15, 0.2) is 0 Å². The summed E-state index contributed by atoms with van der Waals surface area (Å²) in [4.78, 5) is 15.8. The predicted molar refractivity (Wildman–Crippen MR) is 79.1 cm³/mol. The van der Waals surface area contributed by atoms with Crippen LogP contribution in [-0.4, -0.2) is 16.7 Å². The molecule has 0 aromatic carbocycles. The summed E-state index contributed by atoms with van der Waals surface area (Å²) >= 11 is 0. The van der Waals surface area contributed by atoms with Gasteiger partial charge in [-0.2, -0.15) is 0 Å². The standard InChI is InChI=1S/C15H19N3O2/c1-3-8-18-11-13(5-7-15(18)19)16-9-12-4-6-14(20-2)17-10-12/h4-7,10-11,16H,3,8-9H2,1-2H3. The van der Waals surface area contributed by atoms with E-state index in [2.05, 4.69) is 17.2 Å². The second-order valence-corrected chi connectivity index (χ2v) is 4.51. The molecule has 0 amide bonds. The first-order valence-electron chi connectivity index (χ1n) is 6.66. The number of methoxy groups -OCH3 is 1. The van der Waals surface area contributed by atoms with Crippen LogP contribution in [0.4, 0.5) is 5.69 Å². The van der Waals surface area contributed by atoms with Gasteiger partial charge in [0.2, 0.25) is 5.88 Å². The maximum Gasteiger partial charge on any atom is 0.250 e. The first-order valence-corrected chi connectivity index (χ1v) is 6.66. The van der Waals surface area contributed by atoms with Gasteiger partial charge in [-0.3, -0.25) is 4.79 Å². The highest BCUT2D eigenvalue weighted by Gasteiger charge is 1.99. The van der Waals surface area contributed by atoms with Gasteiger partial charge in [0, 0.05) is 37.6 Å². The van der Waals surface area contributed by atoms with Crippen molar-refractivity contribution in [3.63, 3.8) is 0 Å². The molecule has 0 spiro atoms. The molecular formula is C15H19N3O2. The first-order chi connectivity index (χ1) is 9.72. The number of hydrogen-bond acceptors (Lipinski definition) is 4. The molecule has 0 bridgehead atoms. The molecule has 5 heteroatoms. The van der Waals surface area contributed by atoms with E-state index < -0.39 is 0 Å². The summed E-state index contributed by atoms with van der Waals surface area (Å²) in [6.45, 7) is 3.44. The van der Waals surface area contributed by atoms with Crippen molar-refractivity contribution in [2.75, 3.05) is 12.4 Å². The van der Waals surface area contributed by atoms with Crippen molar-refractivity contribution in [1.82, 2.24) is 9.55 Å². The highest BCUT2D eigenvalue weighted by atomic mass is 16.5. The maximum absolute atomic E-state index is 11.6. The van der Waals surface area contributed by atoms with Crippen LogP contribution < -0.4 is 15.6 Å². The van der Waals surface area contributed by atoms with Crippen LogP contribution in [0.15, 0.2) is 41.5 Å². The molecule has 0 fully saturated rings. The third kappa shape index (κ3) is 3.60. The van der Waals surface area contributed by atoms with E-state index >= 15 is 0 Å². The minimum absolute atomic E-state index is 0.0310. The average Bonchev–Trinajstić information content (AvgIpc) is 2.49. The van der Waals surface area contributed by atoms with Crippen molar-refractivity contribution in [2.24, 2.45) is 0 Å². The lowest BCUT2D eigenvalue weighted by atomic mass is 10.2. The van der Waals surface area contributed by atoms with Gasteiger partial charge in [0.1, 0.15) is 0 Å². The fourth-order valence-electron chi connectivity index (χ4n) is 1.89. The lowest BCUT2D eigenvalue weighted by molar-refractivity contribution is 0.397. The van der Waals surface area contributed by atoms with Crippen LogP contribution in [0.5, 0.6) is 5.88 Å². The van der Waals surface area contributed by atoms with Gasteiger partial charge in [-0.15, -0.1) is 0 Å². The van der Waals surface area contributed by atoms with E-state index in [1.807, 2.05) is 18.3 Å². The predicted octanol–water partition coefficient (Wildman–Crippen LogP) is 2.27. The third-order valence-electron chi connectivity index (χ3n) is 2.95. The summed E-state index contributed by atoms with van der Waals surface area (Å²) in [5.74, 6) is 0.602. The van der Waals surface area contributed by atoms with Crippen LogP contribution in [0.1, 0.15) is 18.9 Å². The minimum Gasteiger partial charge on any atom is -0.481 e. The largest absolute Gasteiger partial charge is 0.481 e. The van der Waals surface area contributed by atoms with E-state index in [1.165, 1.54) is 0 Å². The van der Waals surface area contributed by atoms with Gasteiger partial charge in [-0.05, 0) is 18.1 Å². The molecule has 2 aromatic heterocycles. The molecule has 0 aliphatic heterocycles. The molecule has 2 heterocycles. The van der Waals surface area contributed by atoms with Gasteiger partial charge < -0.3 is 14.6 Å². The lowest BCUT2D eigenvalue weighted by Crippen LogP contribution is -2.18. The Morgan fingerprint density at radius 1 is 1.30 bits per heavy atom. The zero-order valence-corrected chi connectivity index (χ0v) is 11.8. The number of nitrogens with zero attached hydrogens (tertiary/aromatic N) is 2. The molecule has 0 atom stereocenters. The molecule has 0 aliphatic rings. The molecule has 0 aliphatic carbocycles. The Kier molecular flexibility index (Phi) is 4.76. The van der Waals surface area contributed by atoms with Crippen molar-refractivity contribution in [2.45, 2.75) is 26.4 Å². The highest BCUT2D eigenvalue weighted by Crippen LogP contribution is 2.10. The van der Waals surface area contributed by atoms with E-state index in [1.54, 1.807) is 30.0 Å². The summed E-state index contributed by atoms with van der Waals surface area (Å²) in [7, 11) is 1.59. The first kappa shape index (κ1) is 14.1. The van der Waals surface area contributed by atoms with Crippen LogP contribution in [0.25, 0.3) is 0 Å². The number of aryl methyl sites for hydroxylation is 1. The second-order valence-electron chi connectivity index (χ2n) is 4.51. The summed E-state index contributed by atoms with van der Waals surface area (Å²) in [6, 6.07) is 7.17. The van der Waals surface area contributed by atoms with E-state index in [-0.39, 0.29) is 5.56 Å². The molecule has 0 saturated carbocycles. The Labute approximate surface area is 118 Å². The van der Waals surface area contributed by atoms with Crippen LogP contribution >= 0.6 is 0 Å². The van der Waals surface area contributed by atoms with Crippen LogP contribution in [-0.2, 0) is 13.1 Å². The van der Waals surface area contributed by atoms with E-state index in [4.69, 9.17) is 4.74 Å². The molecule has 0 radical (unpaired) electrons. The smallest absolute Gasteiger partial charge is 0.250 e. The van der Waals surface area contributed by atoms with Gasteiger partial charge in [0.25, 0.3) is 5.56 Å². The Morgan fingerprint density at radius 2 is 2.15 bits per heavy atom. The molecule has 1 N–H and O–H groups in total. The number of hydrogen-bond donors (Lipinski definition) is 1. The van der Waals surface area contributed by atoms with Crippen LogP contribution in [0.3, 0.4) is 0 Å². The van der Waals surface area contributed by atoms with Gasteiger partial charge in [-0.1, -0.05) is 13.0 Å². The Hall–Kier alpha value is -2.30. The van der Waals surface area contributed by atoms with Crippen molar-refractivity contribution in [1.29, 1.82) is 0 Å². The summed E-state index contributed by atoms with van der Waals surface area (Å²) < 4.78 is 6.74. The van der Waals surface area contributed by atoms with Crippen molar-refractivity contribution >= 4 is 5.69 Å². The Balaban J connectivity index is 2.02. The van der Waals surface area contributed by atoms with Gasteiger partial charge in [0.05, 0.1) is 12.8 Å². The molecule has 106 valence electrons. The third-order valence-corrected chi connectivity index (χ3v) is 2.95. The Bertz CT molecular complexity index is 605. The van der Waals surface area contributed by atoms with Gasteiger partial charge >= 0.3 is 0 Å². The van der Waals surface area contributed by atoms with Gasteiger partial charge in [-0.25, -0.2) is 4.98 Å². The quantitative estimate of drug-likeness (QED) is 0.877. The zero-order chi connectivity index (χ0) is 14.4. The van der Waals surface area contributed by atoms with E-state index in [9.17, 15) is 4.79 Å². The zero-order valence-electron chi connectivity index (χ0n) is 11.8. The maximum atomic E-state index is 11.6. The fraction of sp³-hybridized carbons (Fsp3) is 0.333. The molecular weight excluding hydrogens is 254 g/mol. The normalized spacial score (nSPS) is 10.3. The number of anilines is 1. The number of rotatable bonds is 6. The lowest BCUT2D eigenvalue weighted by Gasteiger charge is -2.09. The minimum atomic E-state index is 0.0310. The summed E-state index contributed by atoms with van der Waals surface area (Å²) in [5.41, 5.74) is 2.01. The average molecular weight is 273 g/mol. The number of ether oxygens (including phenoxy) is 1. The fourth-order valence-corrected chi connectivity index (χ4v) is 1.89. The van der Waals surface area contributed by atoms with E-state index in [0.29, 0.717) is 12.4 Å². The summed E-state index contributed by atoms with van der Waals surface area (Å²) in [5, 5.41) is 3.28. The SMILES string of the molecule is CCCn1cc(NCc2ccc(OC)nc2)ccc1=O. The Morgan fingerprint density at radius 3 is 2.80 bits per heavy atom. The molecule has 2 rings (SSSR count). The molecule has 0 unspecified atom stereocenters. The van der Waals surface area contributed by atoms with Crippen molar-refractivity contribution in [3.8, 4) is 5.88 Å². The van der Waals surface area contributed by atoms with E-state index in [0.717, 1.165) is 24.2 Å². The van der Waals surface area contributed by atoms with Crippen molar-refractivity contribution < 1.29 is 4.74 Å². The summed E-state index contributed by atoms with van der Waals surface area (Å²) in [6.07, 6.45) is 4.56. The van der Waals surface area contributed by atoms with Crippen LogP contribution in [0, 0.1) is 0 Å². The second kappa shape index (κ2) is 6.75.